The molecular formula is C21H36N6O2. The molecule has 2 fully saturated rings. The predicted octanol–water partition coefficient (Wildman–Crippen LogP) is 0.886. The largest absolute Gasteiger partial charge is 0.459 e. The second-order valence-electron chi connectivity index (χ2n) is 8.16. The second-order valence-corrected chi connectivity index (χ2v) is 8.16. The fourth-order valence-electron chi connectivity index (χ4n) is 3.87. The molecule has 1 atom stereocenters. The molecule has 8 nitrogen and oxygen atoms in total. The maximum absolute atomic E-state index is 12.4. The lowest BCUT2D eigenvalue weighted by Gasteiger charge is -2.36. The third kappa shape index (κ3) is 6.21. The van der Waals surface area contributed by atoms with E-state index < -0.39 is 0 Å². The fraction of sp³-hybridized carbons (Fsp3) is 0.714. The Hall–Kier alpha value is -2.06. The predicted molar refractivity (Wildman–Crippen MR) is 115 cm³/mol. The Morgan fingerprint density at radius 3 is 2.45 bits per heavy atom. The first-order chi connectivity index (χ1) is 14.1. The van der Waals surface area contributed by atoms with Crippen LogP contribution in [0.25, 0.3) is 0 Å². The molecular weight excluding hydrogens is 368 g/mol. The van der Waals surface area contributed by atoms with Gasteiger partial charge in [0.2, 0.25) is 0 Å². The van der Waals surface area contributed by atoms with Crippen LogP contribution in [0.5, 0.6) is 0 Å². The van der Waals surface area contributed by atoms with Gasteiger partial charge in [0, 0.05) is 72.0 Å². The molecule has 8 heteroatoms. The van der Waals surface area contributed by atoms with Crippen LogP contribution in [0.15, 0.2) is 27.8 Å². The molecule has 0 spiro atoms. The van der Waals surface area contributed by atoms with Gasteiger partial charge in [-0.1, -0.05) is 6.92 Å². The van der Waals surface area contributed by atoms with E-state index in [4.69, 9.17) is 9.41 Å². The van der Waals surface area contributed by atoms with Gasteiger partial charge in [-0.05, 0) is 32.0 Å². The van der Waals surface area contributed by atoms with E-state index in [1.807, 2.05) is 4.90 Å². The van der Waals surface area contributed by atoms with Crippen LogP contribution >= 0.6 is 0 Å². The monoisotopic (exact) mass is 404 g/mol. The normalized spacial score (nSPS) is 20.7. The number of amides is 1. The molecule has 2 aliphatic heterocycles. The summed E-state index contributed by atoms with van der Waals surface area (Å²) in [6.07, 6.45) is 1.54. The number of aliphatic imine (C=N–C) groups is 1. The van der Waals surface area contributed by atoms with Crippen LogP contribution in [-0.2, 0) is 0 Å². The van der Waals surface area contributed by atoms with Crippen molar-refractivity contribution in [2.75, 3.05) is 79.0 Å². The number of likely N-dealkylation sites (N-methyl/N-ethyl adjacent to an activating group) is 1. The molecule has 162 valence electrons. The van der Waals surface area contributed by atoms with Gasteiger partial charge in [-0.15, -0.1) is 0 Å². The summed E-state index contributed by atoms with van der Waals surface area (Å²) in [4.78, 5) is 26.4. The first kappa shape index (κ1) is 21.6. The summed E-state index contributed by atoms with van der Waals surface area (Å²) in [6, 6.07) is 3.48. The molecule has 3 rings (SSSR count). The molecule has 3 heterocycles. The second kappa shape index (κ2) is 10.6. The van der Waals surface area contributed by atoms with Crippen molar-refractivity contribution in [1.29, 1.82) is 0 Å². The Kier molecular flexibility index (Phi) is 7.94. The number of nitrogens with one attached hydrogen (secondary N) is 1. The van der Waals surface area contributed by atoms with Gasteiger partial charge in [-0.2, -0.15) is 0 Å². The average Bonchev–Trinajstić information content (AvgIpc) is 3.27. The smallest absolute Gasteiger partial charge is 0.289 e. The molecule has 1 aromatic heterocycles. The first-order valence-corrected chi connectivity index (χ1v) is 10.8. The molecule has 0 bridgehead atoms. The van der Waals surface area contributed by atoms with Crippen molar-refractivity contribution in [1.82, 2.24) is 24.9 Å². The maximum Gasteiger partial charge on any atom is 0.289 e. The Labute approximate surface area is 174 Å². The highest BCUT2D eigenvalue weighted by molar-refractivity contribution is 5.91. The van der Waals surface area contributed by atoms with Gasteiger partial charge in [0.25, 0.3) is 5.91 Å². The third-order valence-corrected chi connectivity index (χ3v) is 5.65. The number of furan rings is 1. The quantitative estimate of drug-likeness (QED) is 0.561. The molecule has 29 heavy (non-hydrogen) atoms. The van der Waals surface area contributed by atoms with Crippen LogP contribution in [0.4, 0.5) is 0 Å². The highest BCUT2D eigenvalue weighted by atomic mass is 16.3. The summed E-state index contributed by atoms with van der Waals surface area (Å²) in [5.41, 5.74) is 0. The van der Waals surface area contributed by atoms with Crippen molar-refractivity contribution in [3.8, 4) is 0 Å². The van der Waals surface area contributed by atoms with Crippen LogP contribution in [-0.4, -0.2) is 111 Å². The number of carbonyl (C=O) groups is 1. The average molecular weight is 405 g/mol. The van der Waals surface area contributed by atoms with E-state index in [2.05, 4.69) is 40.9 Å². The Morgan fingerprint density at radius 2 is 1.83 bits per heavy atom. The summed E-state index contributed by atoms with van der Waals surface area (Å²) < 4.78 is 5.25. The molecule has 1 aromatic rings. The van der Waals surface area contributed by atoms with Crippen LogP contribution in [0.2, 0.25) is 0 Å². The molecule has 0 saturated carbocycles. The lowest BCUT2D eigenvalue weighted by Crippen LogP contribution is -2.54. The minimum Gasteiger partial charge on any atom is -0.459 e. The van der Waals surface area contributed by atoms with Crippen LogP contribution in [0, 0.1) is 5.92 Å². The van der Waals surface area contributed by atoms with Gasteiger partial charge in [-0.3, -0.25) is 9.79 Å². The number of rotatable bonds is 6. The Morgan fingerprint density at radius 1 is 1.14 bits per heavy atom. The SMILES string of the molecule is CCNC(=NCC(C)CN1CCN(C)CC1)N1CCN(C(=O)c2ccco2)CC1. The number of piperazine rings is 2. The highest BCUT2D eigenvalue weighted by Gasteiger charge is 2.25. The standard InChI is InChI=1S/C21H36N6O2/c1-4-22-21(23-16-18(2)17-25-9-7-24(3)8-10-25)27-13-11-26(12-14-27)20(28)19-6-5-15-29-19/h5-6,15,18H,4,7-14,16-17H2,1-3H3,(H,22,23). The molecule has 0 radical (unpaired) electrons. The van der Waals surface area contributed by atoms with E-state index >= 15 is 0 Å². The zero-order chi connectivity index (χ0) is 20.6. The van der Waals surface area contributed by atoms with Crippen molar-refractivity contribution >= 4 is 11.9 Å². The van der Waals surface area contributed by atoms with Crippen LogP contribution in [0.3, 0.4) is 0 Å². The van der Waals surface area contributed by atoms with Gasteiger partial charge in [-0.25, -0.2) is 0 Å². The van der Waals surface area contributed by atoms with E-state index in [1.165, 1.54) is 0 Å². The maximum atomic E-state index is 12.4. The summed E-state index contributed by atoms with van der Waals surface area (Å²) in [5.74, 6) is 1.87. The van der Waals surface area contributed by atoms with Crippen molar-refractivity contribution in [3.05, 3.63) is 24.2 Å². The number of hydrogen-bond acceptors (Lipinski definition) is 5. The fourth-order valence-corrected chi connectivity index (χ4v) is 3.87. The lowest BCUT2D eigenvalue weighted by molar-refractivity contribution is 0.0657. The Bertz CT molecular complexity index is 646. The van der Waals surface area contributed by atoms with Gasteiger partial charge in [0.15, 0.2) is 11.7 Å². The molecule has 0 aliphatic carbocycles. The number of hydrogen-bond donors (Lipinski definition) is 1. The van der Waals surface area contributed by atoms with Crippen molar-refractivity contribution < 1.29 is 9.21 Å². The summed E-state index contributed by atoms with van der Waals surface area (Å²) in [5, 5.41) is 3.42. The van der Waals surface area contributed by atoms with Gasteiger partial charge in [0.05, 0.1) is 6.26 Å². The van der Waals surface area contributed by atoms with E-state index in [9.17, 15) is 4.79 Å². The summed E-state index contributed by atoms with van der Waals surface area (Å²) >= 11 is 0. The van der Waals surface area contributed by atoms with Crippen molar-refractivity contribution in [2.45, 2.75) is 13.8 Å². The zero-order valence-electron chi connectivity index (χ0n) is 18.1. The molecule has 1 unspecified atom stereocenters. The minimum atomic E-state index is -0.0302. The number of guanidine groups is 1. The number of nitrogens with zero attached hydrogens (tertiary/aromatic N) is 5. The highest BCUT2D eigenvalue weighted by Crippen LogP contribution is 2.10. The lowest BCUT2D eigenvalue weighted by atomic mass is 10.1. The summed E-state index contributed by atoms with van der Waals surface area (Å²) in [7, 11) is 2.19. The Balaban J connectivity index is 1.48. The van der Waals surface area contributed by atoms with E-state index in [0.717, 1.165) is 64.9 Å². The van der Waals surface area contributed by atoms with E-state index in [-0.39, 0.29) is 5.91 Å². The third-order valence-electron chi connectivity index (χ3n) is 5.65. The van der Waals surface area contributed by atoms with E-state index in [0.29, 0.717) is 24.8 Å². The van der Waals surface area contributed by atoms with E-state index in [1.54, 1.807) is 18.4 Å². The molecule has 1 N–H and O–H groups in total. The molecule has 0 aromatic carbocycles. The molecule has 2 saturated heterocycles. The number of carbonyl (C=O) groups excluding carboxylic acids is 1. The van der Waals surface area contributed by atoms with Crippen molar-refractivity contribution in [3.63, 3.8) is 0 Å². The van der Waals surface area contributed by atoms with Crippen molar-refractivity contribution in [2.24, 2.45) is 10.9 Å². The van der Waals surface area contributed by atoms with Gasteiger partial charge in [0.1, 0.15) is 0 Å². The minimum absolute atomic E-state index is 0.0302. The molecule has 1 amide bonds. The topological polar surface area (TPSA) is 67.6 Å². The molecule has 2 aliphatic rings. The van der Waals surface area contributed by atoms with Gasteiger partial charge >= 0.3 is 0 Å². The first-order valence-electron chi connectivity index (χ1n) is 10.8. The summed E-state index contributed by atoms with van der Waals surface area (Å²) in [6.45, 7) is 14.7. The zero-order valence-corrected chi connectivity index (χ0v) is 18.1. The van der Waals surface area contributed by atoms with Crippen LogP contribution < -0.4 is 5.32 Å². The van der Waals surface area contributed by atoms with Crippen LogP contribution in [0.1, 0.15) is 24.4 Å². The van der Waals surface area contributed by atoms with Gasteiger partial charge < -0.3 is 29.3 Å².